The van der Waals surface area contributed by atoms with Crippen LogP contribution >= 0.6 is 0 Å². The molecule has 4 heteroatoms. The molecule has 0 spiro atoms. The molecule has 0 aliphatic carbocycles. The van der Waals surface area contributed by atoms with E-state index in [0.29, 0.717) is 26.1 Å². The van der Waals surface area contributed by atoms with Gasteiger partial charge in [0.05, 0.1) is 6.61 Å². The van der Waals surface area contributed by atoms with Crippen molar-refractivity contribution in [3.63, 3.8) is 0 Å². The van der Waals surface area contributed by atoms with Crippen molar-refractivity contribution in [3.8, 4) is 0 Å². The zero-order valence-electron chi connectivity index (χ0n) is 10.0. The Morgan fingerprint density at radius 1 is 1.40 bits per heavy atom. The van der Waals surface area contributed by atoms with Crippen molar-refractivity contribution in [1.29, 1.82) is 0 Å². The van der Waals surface area contributed by atoms with Gasteiger partial charge in [-0.15, -0.1) is 0 Å². The number of aliphatic hydroxyl groups is 1. The summed E-state index contributed by atoms with van der Waals surface area (Å²) in [6.45, 7) is 7.08. The van der Waals surface area contributed by atoms with Crippen LogP contribution in [0.2, 0.25) is 0 Å². The van der Waals surface area contributed by atoms with Crippen LogP contribution in [0.4, 0.5) is 0 Å². The van der Waals surface area contributed by atoms with E-state index in [1.165, 1.54) is 0 Å². The molecule has 0 unspecified atom stereocenters. The van der Waals surface area contributed by atoms with Gasteiger partial charge in [-0.25, -0.2) is 0 Å². The fourth-order valence-corrected chi connectivity index (χ4v) is 1.19. The number of rotatable bonds is 8. The molecule has 0 heterocycles. The van der Waals surface area contributed by atoms with Crippen LogP contribution in [0.25, 0.3) is 0 Å². The van der Waals surface area contributed by atoms with E-state index < -0.39 is 0 Å². The van der Waals surface area contributed by atoms with Crippen LogP contribution in [-0.2, 0) is 9.53 Å². The van der Waals surface area contributed by atoms with Gasteiger partial charge in [-0.1, -0.05) is 6.92 Å². The summed E-state index contributed by atoms with van der Waals surface area (Å²) in [6.07, 6.45) is 1.92. The molecule has 0 aliphatic rings. The second-order valence-electron chi connectivity index (χ2n) is 4.27. The van der Waals surface area contributed by atoms with Gasteiger partial charge in [0.2, 0.25) is 5.91 Å². The van der Waals surface area contributed by atoms with Crippen molar-refractivity contribution in [1.82, 2.24) is 5.32 Å². The molecule has 4 nitrogen and oxygen atoms in total. The Bertz CT molecular complexity index is 181. The van der Waals surface area contributed by atoms with Gasteiger partial charge in [0, 0.05) is 25.2 Å². The van der Waals surface area contributed by atoms with Crippen LogP contribution < -0.4 is 5.32 Å². The Morgan fingerprint density at radius 2 is 2.07 bits per heavy atom. The number of carbonyl (C=O) groups excluding carboxylic acids is 1. The third-order valence-corrected chi connectivity index (χ3v) is 2.04. The molecule has 0 aliphatic heterocycles. The molecule has 0 radical (unpaired) electrons. The van der Waals surface area contributed by atoms with Crippen molar-refractivity contribution in [2.45, 2.75) is 45.6 Å². The molecule has 0 aromatic heterocycles. The van der Waals surface area contributed by atoms with E-state index in [4.69, 9.17) is 9.84 Å². The third-order valence-electron chi connectivity index (χ3n) is 2.04. The Morgan fingerprint density at radius 3 is 2.60 bits per heavy atom. The number of aliphatic hydroxyl groups excluding tert-OH is 1. The number of ether oxygens (including phenoxy) is 1. The fourth-order valence-electron chi connectivity index (χ4n) is 1.19. The van der Waals surface area contributed by atoms with Gasteiger partial charge in [-0.3, -0.25) is 4.79 Å². The van der Waals surface area contributed by atoms with Gasteiger partial charge in [-0.2, -0.15) is 0 Å². The second kappa shape index (κ2) is 7.65. The van der Waals surface area contributed by atoms with E-state index in [9.17, 15) is 4.79 Å². The minimum Gasteiger partial charge on any atom is -0.396 e. The zero-order chi connectivity index (χ0) is 11.7. The van der Waals surface area contributed by atoms with E-state index in [1.54, 1.807) is 0 Å². The molecular formula is C11H23NO3. The average molecular weight is 217 g/mol. The molecule has 0 saturated carbocycles. The summed E-state index contributed by atoms with van der Waals surface area (Å²) in [6, 6.07) is 0. The lowest BCUT2D eigenvalue weighted by Gasteiger charge is -2.25. The number of amides is 1. The average Bonchev–Trinajstić information content (AvgIpc) is 2.11. The SMILES string of the molecule is CCCOCCC(=O)NC(C)(C)CCO. The maximum atomic E-state index is 11.4. The van der Waals surface area contributed by atoms with E-state index in [1.807, 2.05) is 20.8 Å². The van der Waals surface area contributed by atoms with E-state index in [0.717, 1.165) is 6.42 Å². The van der Waals surface area contributed by atoms with E-state index in [2.05, 4.69) is 5.32 Å². The highest BCUT2D eigenvalue weighted by atomic mass is 16.5. The first-order valence-corrected chi connectivity index (χ1v) is 5.51. The number of hydrogen-bond donors (Lipinski definition) is 2. The van der Waals surface area contributed by atoms with E-state index in [-0.39, 0.29) is 18.1 Å². The standard InChI is InChI=1S/C11H23NO3/c1-4-8-15-9-5-10(14)12-11(2,3)6-7-13/h13H,4-9H2,1-3H3,(H,12,14). The van der Waals surface area contributed by atoms with Crippen molar-refractivity contribution in [3.05, 3.63) is 0 Å². The van der Waals surface area contributed by atoms with Crippen LogP contribution in [0.1, 0.15) is 40.0 Å². The van der Waals surface area contributed by atoms with Crippen molar-refractivity contribution < 1.29 is 14.6 Å². The Labute approximate surface area is 92.0 Å². The van der Waals surface area contributed by atoms with Gasteiger partial charge in [0.1, 0.15) is 0 Å². The number of nitrogens with one attached hydrogen (secondary N) is 1. The van der Waals surface area contributed by atoms with Gasteiger partial charge < -0.3 is 15.2 Å². The van der Waals surface area contributed by atoms with E-state index >= 15 is 0 Å². The van der Waals surface area contributed by atoms with Crippen LogP contribution in [0.5, 0.6) is 0 Å². The summed E-state index contributed by atoms with van der Waals surface area (Å²) in [7, 11) is 0. The molecule has 0 aromatic carbocycles. The van der Waals surface area contributed by atoms with Crippen molar-refractivity contribution >= 4 is 5.91 Å². The number of hydrogen-bond acceptors (Lipinski definition) is 3. The fraction of sp³-hybridized carbons (Fsp3) is 0.909. The Balaban J connectivity index is 3.63. The summed E-state index contributed by atoms with van der Waals surface area (Å²) in [5.74, 6) is -0.0236. The predicted octanol–water partition coefficient (Wildman–Crippen LogP) is 1.08. The lowest BCUT2D eigenvalue weighted by molar-refractivity contribution is -0.123. The maximum Gasteiger partial charge on any atom is 0.222 e. The predicted molar refractivity (Wildman–Crippen MR) is 59.7 cm³/mol. The minimum atomic E-state index is -0.337. The highest BCUT2D eigenvalue weighted by Crippen LogP contribution is 2.07. The van der Waals surface area contributed by atoms with Crippen LogP contribution in [0.15, 0.2) is 0 Å². The third kappa shape index (κ3) is 8.39. The van der Waals surface area contributed by atoms with Gasteiger partial charge in [0.15, 0.2) is 0 Å². The minimum absolute atomic E-state index is 0.0236. The first-order chi connectivity index (χ1) is 7.02. The Hall–Kier alpha value is -0.610. The largest absolute Gasteiger partial charge is 0.396 e. The first-order valence-electron chi connectivity index (χ1n) is 5.51. The normalized spacial score (nSPS) is 11.5. The topological polar surface area (TPSA) is 58.6 Å². The molecule has 0 saturated heterocycles. The maximum absolute atomic E-state index is 11.4. The molecule has 0 fully saturated rings. The summed E-state index contributed by atoms with van der Waals surface area (Å²) in [4.78, 5) is 11.4. The van der Waals surface area contributed by atoms with Gasteiger partial charge in [0.25, 0.3) is 0 Å². The quantitative estimate of drug-likeness (QED) is 0.598. The summed E-state index contributed by atoms with van der Waals surface area (Å²) in [5.41, 5.74) is -0.337. The molecular weight excluding hydrogens is 194 g/mol. The lowest BCUT2D eigenvalue weighted by atomic mass is 10.0. The molecule has 15 heavy (non-hydrogen) atoms. The summed E-state index contributed by atoms with van der Waals surface area (Å²) >= 11 is 0. The molecule has 90 valence electrons. The lowest BCUT2D eigenvalue weighted by Crippen LogP contribution is -2.44. The summed E-state index contributed by atoms with van der Waals surface area (Å²) in [5, 5.41) is 11.6. The van der Waals surface area contributed by atoms with Crippen molar-refractivity contribution in [2.75, 3.05) is 19.8 Å². The monoisotopic (exact) mass is 217 g/mol. The van der Waals surface area contributed by atoms with Crippen LogP contribution in [0, 0.1) is 0 Å². The molecule has 0 aromatic rings. The highest BCUT2D eigenvalue weighted by Gasteiger charge is 2.18. The van der Waals surface area contributed by atoms with Gasteiger partial charge in [-0.05, 0) is 26.7 Å². The Kier molecular flexibility index (Phi) is 7.34. The highest BCUT2D eigenvalue weighted by molar-refractivity contribution is 5.76. The summed E-state index contributed by atoms with van der Waals surface area (Å²) < 4.78 is 5.22. The second-order valence-corrected chi connectivity index (χ2v) is 4.27. The van der Waals surface area contributed by atoms with Crippen LogP contribution in [-0.4, -0.2) is 36.4 Å². The van der Waals surface area contributed by atoms with Crippen LogP contribution in [0.3, 0.4) is 0 Å². The molecule has 0 bridgehead atoms. The molecule has 0 atom stereocenters. The zero-order valence-corrected chi connectivity index (χ0v) is 10.0. The number of carbonyl (C=O) groups is 1. The molecule has 0 rings (SSSR count). The smallest absolute Gasteiger partial charge is 0.222 e. The molecule has 2 N–H and O–H groups in total. The molecule has 1 amide bonds. The van der Waals surface area contributed by atoms with Gasteiger partial charge >= 0.3 is 0 Å². The van der Waals surface area contributed by atoms with Crippen molar-refractivity contribution in [2.24, 2.45) is 0 Å². The first kappa shape index (κ1) is 14.4.